The third-order valence-electron chi connectivity index (χ3n) is 2.80. The van der Waals surface area contributed by atoms with Gasteiger partial charge in [-0.15, -0.1) is 0 Å². The zero-order valence-corrected chi connectivity index (χ0v) is 10.9. The zero-order valence-electron chi connectivity index (χ0n) is 10.9. The van der Waals surface area contributed by atoms with Gasteiger partial charge < -0.3 is 15.4 Å². The summed E-state index contributed by atoms with van der Waals surface area (Å²) in [4.78, 5) is 2.20. The van der Waals surface area contributed by atoms with E-state index in [0.717, 1.165) is 19.6 Å². The Morgan fingerprint density at radius 1 is 1.39 bits per heavy atom. The van der Waals surface area contributed by atoms with Crippen molar-refractivity contribution in [2.24, 2.45) is 5.73 Å². The molecule has 0 heterocycles. The van der Waals surface area contributed by atoms with Gasteiger partial charge >= 0.3 is 0 Å². The summed E-state index contributed by atoms with van der Waals surface area (Å²) in [5.41, 5.74) is 5.64. The predicted octanol–water partition coefficient (Wildman–Crippen LogP) is 1.83. The highest BCUT2D eigenvalue weighted by molar-refractivity contribution is 5.95. The number of rotatable bonds is 7. The molecular formula is C13H20FN3O. The maximum atomic E-state index is 13.6. The standard InChI is InChI=1S/C13H20FN3O/c1-3-17(4-2)7-8-18-12-6-5-10(13(15)16)9-11(12)14/h5-6,9H,3-4,7-8H2,1-2H3,(H3,15,16). The van der Waals surface area contributed by atoms with E-state index in [0.29, 0.717) is 12.2 Å². The first kappa shape index (κ1) is 14.4. The highest BCUT2D eigenvalue weighted by Crippen LogP contribution is 2.18. The maximum Gasteiger partial charge on any atom is 0.165 e. The Balaban J connectivity index is 2.55. The predicted molar refractivity (Wildman–Crippen MR) is 70.7 cm³/mol. The van der Waals surface area contributed by atoms with Gasteiger partial charge in [0.25, 0.3) is 0 Å². The molecule has 5 heteroatoms. The van der Waals surface area contributed by atoms with Crippen molar-refractivity contribution in [3.05, 3.63) is 29.6 Å². The van der Waals surface area contributed by atoms with Crippen molar-refractivity contribution in [2.75, 3.05) is 26.2 Å². The largest absolute Gasteiger partial charge is 0.489 e. The first-order valence-corrected chi connectivity index (χ1v) is 6.07. The minimum absolute atomic E-state index is 0.149. The molecule has 0 saturated heterocycles. The number of ether oxygens (including phenoxy) is 1. The summed E-state index contributed by atoms with van der Waals surface area (Å²) >= 11 is 0. The number of hydrogen-bond acceptors (Lipinski definition) is 3. The summed E-state index contributed by atoms with van der Waals surface area (Å²) in [6.45, 7) is 7.26. The lowest BCUT2D eigenvalue weighted by Crippen LogP contribution is -2.28. The van der Waals surface area contributed by atoms with Gasteiger partial charge in [0.2, 0.25) is 0 Å². The quantitative estimate of drug-likeness (QED) is 0.575. The van der Waals surface area contributed by atoms with Gasteiger partial charge in [-0.3, -0.25) is 5.41 Å². The summed E-state index contributed by atoms with van der Waals surface area (Å²) < 4.78 is 19.0. The summed E-state index contributed by atoms with van der Waals surface area (Å²) in [7, 11) is 0. The number of nitrogens with two attached hydrogens (primary N) is 1. The number of benzene rings is 1. The SMILES string of the molecule is CCN(CC)CCOc1ccc(C(=N)N)cc1F. The van der Waals surface area contributed by atoms with Crippen LogP contribution in [0.3, 0.4) is 0 Å². The lowest BCUT2D eigenvalue weighted by molar-refractivity contribution is 0.217. The molecule has 0 unspecified atom stereocenters. The van der Waals surface area contributed by atoms with Crippen molar-refractivity contribution in [3.8, 4) is 5.75 Å². The highest BCUT2D eigenvalue weighted by atomic mass is 19.1. The first-order valence-electron chi connectivity index (χ1n) is 6.07. The molecule has 0 aliphatic carbocycles. The second kappa shape index (κ2) is 6.96. The third-order valence-corrected chi connectivity index (χ3v) is 2.80. The summed E-state index contributed by atoms with van der Waals surface area (Å²) in [6, 6.07) is 4.31. The molecule has 0 radical (unpaired) electrons. The lowest BCUT2D eigenvalue weighted by Gasteiger charge is -2.18. The van der Waals surface area contributed by atoms with Crippen molar-refractivity contribution in [3.63, 3.8) is 0 Å². The van der Waals surface area contributed by atoms with Gasteiger partial charge in [0.1, 0.15) is 12.4 Å². The molecule has 4 nitrogen and oxygen atoms in total. The van der Waals surface area contributed by atoms with Gasteiger partial charge in [-0.05, 0) is 31.3 Å². The van der Waals surface area contributed by atoms with E-state index in [9.17, 15) is 4.39 Å². The lowest BCUT2D eigenvalue weighted by atomic mass is 10.2. The Labute approximate surface area is 107 Å². The normalized spacial score (nSPS) is 10.7. The molecular weight excluding hydrogens is 233 g/mol. The van der Waals surface area contributed by atoms with Crippen molar-refractivity contribution < 1.29 is 9.13 Å². The third kappa shape index (κ3) is 4.00. The van der Waals surface area contributed by atoms with Crippen molar-refractivity contribution in [2.45, 2.75) is 13.8 Å². The molecule has 1 rings (SSSR count). The topological polar surface area (TPSA) is 62.3 Å². The molecule has 0 aromatic heterocycles. The fourth-order valence-electron chi connectivity index (χ4n) is 1.61. The van der Waals surface area contributed by atoms with E-state index in [1.807, 2.05) is 0 Å². The highest BCUT2D eigenvalue weighted by Gasteiger charge is 2.07. The van der Waals surface area contributed by atoms with E-state index in [-0.39, 0.29) is 11.6 Å². The average Bonchev–Trinajstić information content (AvgIpc) is 2.36. The average molecular weight is 253 g/mol. The van der Waals surface area contributed by atoms with E-state index in [1.165, 1.54) is 12.1 Å². The molecule has 0 atom stereocenters. The molecule has 3 N–H and O–H groups in total. The van der Waals surface area contributed by atoms with E-state index in [4.69, 9.17) is 15.9 Å². The summed E-state index contributed by atoms with van der Waals surface area (Å²) in [6.07, 6.45) is 0. The van der Waals surface area contributed by atoms with Crippen LogP contribution in [0.1, 0.15) is 19.4 Å². The molecule has 0 fully saturated rings. The van der Waals surface area contributed by atoms with Crippen LogP contribution in [0.5, 0.6) is 5.75 Å². The number of likely N-dealkylation sites (N-methyl/N-ethyl adjacent to an activating group) is 1. The smallest absolute Gasteiger partial charge is 0.165 e. The van der Waals surface area contributed by atoms with Gasteiger partial charge in [0.05, 0.1) is 0 Å². The van der Waals surface area contributed by atoms with Crippen LogP contribution < -0.4 is 10.5 Å². The Morgan fingerprint density at radius 2 is 2.06 bits per heavy atom. The molecule has 100 valence electrons. The van der Waals surface area contributed by atoms with E-state index in [2.05, 4.69) is 18.7 Å². The van der Waals surface area contributed by atoms with Crippen LogP contribution in [-0.2, 0) is 0 Å². The van der Waals surface area contributed by atoms with Crippen LogP contribution in [0.2, 0.25) is 0 Å². The number of nitrogens with one attached hydrogen (secondary N) is 1. The van der Waals surface area contributed by atoms with Gasteiger partial charge in [0.15, 0.2) is 11.6 Å². The zero-order chi connectivity index (χ0) is 13.5. The van der Waals surface area contributed by atoms with Crippen LogP contribution in [0.15, 0.2) is 18.2 Å². The molecule has 0 aliphatic heterocycles. The molecule has 1 aromatic rings. The van der Waals surface area contributed by atoms with Gasteiger partial charge in [-0.2, -0.15) is 0 Å². The first-order chi connectivity index (χ1) is 8.58. The number of nitrogen functional groups attached to an aromatic ring is 1. The second-order valence-corrected chi connectivity index (χ2v) is 3.93. The number of halogens is 1. The van der Waals surface area contributed by atoms with Gasteiger partial charge in [-0.25, -0.2) is 4.39 Å². The fraction of sp³-hybridized carbons (Fsp3) is 0.462. The molecule has 0 aliphatic rings. The molecule has 0 spiro atoms. The van der Waals surface area contributed by atoms with Crippen LogP contribution >= 0.6 is 0 Å². The number of nitrogens with zero attached hydrogens (tertiary/aromatic N) is 1. The van der Waals surface area contributed by atoms with Crippen LogP contribution in [0.4, 0.5) is 4.39 Å². The van der Waals surface area contributed by atoms with Gasteiger partial charge in [0, 0.05) is 12.1 Å². The minimum atomic E-state index is -0.484. The fourth-order valence-corrected chi connectivity index (χ4v) is 1.61. The molecule has 0 amide bonds. The molecule has 0 bridgehead atoms. The summed E-state index contributed by atoms with van der Waals surface area (Å²) in [5, 5.41) is 7.21. The minimum Gasteiger partial charge on any atom is -0.489 e. The van der Waals surface area contributed by atoms with E-state index < -0.39 is 5.82 Å². The van der Waals surface area contributed by atoms with Crippen molar-refractivity contribution in [1.29, 1.82) is 5.41 Å². The van der Waals surface area contributed by atoms with Crippen LogP contribution in [0.25, 0.3) is 0 Å². The van der Waals surface area contributed by atoms with E-state index >= 15 is 0 Å². The Kier molecular flexibility index (Phi) is 5.58. The molecule has 0 saturated carbocycles. The van der Waals surface area contributed by atoms with Crippen molar-refractivity contribution >= 4 is 5.84 Å². The van der Waals surface area contributed by atoms with Gasteiger partial charge in [-0.1, -0.05) is 13.8 Å². The Morgan fingerprint density at radius 3 is 2.56 bits per heavy atom. The maximum absolute atomic E-state index is 13.6. The Bertz CT molecular complexity index is 405. The number of amidine groups is 1. The monoisotopic (exact) mass is 253 g/mol. The Hall–Kier alpha value is -1.62. The molecule has 18 heavy (non-hydrogen) atoms. The van der Waals surface area contributed by atoms with Crippen LogP contribution in [0, 0.1) is 11.2 Å². The van der Waals surface area contributed by atoms with E-state index in [1.54, 1.807) is 6.07 Å². The van der Waals surface area contributed by atoms with Crippen LogP contribution in [-0.4, -0.2) is 37.0 Å². The van der Waals surface area contributed by atoms with Crippen molar-refractivity contribution in [1.82, 2.24) is 4.90 Å². The second-order valence-electron chi connectivity index (χ2n) is 3.93. The number of hydrogen-bond donors (Lipinski definition) is 2. The summed E-state index contributed by atoms with van der Waals surface area (Å²) in [5.74, 6) is -0.432. The molecule has 1 aromatic carbocycles.